The van der Waals surface area contributed by atoms with Crippen LogP contribution in [0.2, 0.25) is 5.02 Å². The lowest BCUT2D eigenvalue weighted by molar-refractivity contribution is 0.312. The molecule has 2 N–H and O–H groups in total. The zero-order valence-electron chi connectivity index (χ0n) is 17.5. The number of hydrogen-bond acceptors (Lipinski definition) is 5. The van der Waals surface area contributed by atoms with Gasteiger partial charge in [-0.15, -0.1) is 11.3 Å². The first kappa shape index (κ1) is 21.9. The van der Waals surface area contributed by atoms with E-state index in [1.807, 2.05) is 18.3 Å². The Morgan fingerprint density at radius 1 is 1.24 bits per heavy atom. The number of nitrogens with zero attached hydrogens (tertiary/aromatic N) is 4. The lowest BCUT2D eigenvalue weighted by Crippen LogP contribution is -2.45. The molecule has 0 atom stereocenters. The number of likely N-dealkylation sites (N-methyl/N-ethyl adjacent to an activating group) is 1. The van der Waals surface area contributed by atoms with Crippen LogP contribution in [0.1, 0.15) is 22.4 Å². The maximum absolute atomic E-state index is 6.56. The van der Waals surface area contributed by atoms with Crippen LogP contribution in [0.25, 0.3) is 0 Å². The first-order valence-electron chi connectivity index (χ1n) is 10.2. The number of halogens is 1. The van der Waals surface area contributed by atoms with Crippen LogP contribution in [0.4, 0.5) is 5.69 Å². The maximum atomic E-state index is 6.56. The minimum Gasteiger partial charge on any atom is -0.369 e. The minimum atomic E-state index is 0.637. The van der Waals surface area contributed by atoms with Crippen molar-refractivity contribution in [1.82, 2.24) is 20.5 Å². The van der Waals surface area contributed by atoms with E-state index in [2.05, 4.69) is 50.4 Å². The van der Waals surface area contributed by atoms with Gasteiger partial charge in [0.15, 0.2) is 5.96 Å². The van der Waals surface area contributed by atoms with Crippen molar-refractivity contribution in [2.75, 3.05) is 51.7 Å². The fourth-order valence-corrected chi connectivity index (χ4v) is 4.47. The molecule has 158 valence electrons. The zero-order chi connectivity index (χ0) is 20.6. The predicted octanol–water partition coefficient (Wildman–Crippen LogP) is 3.02. The highest BCUT2D eigenvalue weighted by molar-refractivity contribution is 7.11. The molecule has 1 fully saturated rings. The van der Waals surface area contributed by atoms with E-state index in [0.29, 0.717) is 6.54 Å². The van der Waals surface area contributed by atoms with Gasteiger partial charge in [0, 0.05) is 80.1 Å². The summed E-state index contributed by atoms with van der Waals surface area (Å²) in [6, 6.07) is 6.16. The molecule has 0 unspecified atom stereocenters. The number of piperazine rings is 1. The average molecular weight is 435 g/mol. The van der Waals surface area contributed by atoms with Crippen LogP contribution in [-0.2, 0) is 19.4 Å². The molecular formula is C21H31ClN6S. The number of anilines is 1. The van der Waals surface area contributed by atoms with Crippen molar-refractivity contribution in [2.24, 2.45) is 4.99 Å². The highest BCUT2D eigenvalue weighted by Crippen LogP contribution is 2.28. The third-order valence-corrected chi connectivity index (χ3v) is 6.73. The molecule has 2 heterocycles. The maximum Gasteiger partial charge on any atom is 0.191 e. The van der Waals surface area contributed by atoms with E-state index in [-0.39, 0.29) is 0 Å². The average Bonchev–Trinajstić information content (AvgIpc) is 3.20. The van der Waals surface area contributed by atoms with Gasteiger partial charge in [-0.1, -0.05) is 24.6 Å². The van der Waals surface area contributed by atoms with E-state index < -0.39 is 0 Å². The lowest BCUT2D eigenvalue weighted by Gasteiger charge is -2.35. The molecule has 0 bridgehead atoms. The number of guanidine groups is 1. The van der Waals surface area contributed by atoms with Gasteiger partial charge in [0.25, 0.3) is 0 Å². The standard InChI is InChI=1S/C21H31ClN6S/c1-4-16-14-25-20(29-16)8-9-24-21(23-2)26-15-17-18(22)6-5-7-19(17)28-12-10-27(3)11-13-28/h5-7,14H,4,8-13,15H2,1-3H3,(H2,23,24,26). The number of aliphatic imine (C=N–C) groups is 1. The fraction of sp³-hybridized carbons (Fsp3) is 0.524. The Labute approximate surface area is 183 Å². The van der Waals surface area contributed by atoms with Gasteiger partial charge < -0.3 is 20.4 Å². The highest BCUT2D eigenvalue weighted by Gasteiger charge is 2.18. The van der Waals surface area contributed by atoms with Crippen LogP contribution in [0.5, 0.6) is 0 Å². The molecule has 0 aliphatic carbocycles. The van der Waals surface area contributed by atoms with Crippen LogP contribution in [0.15, 0.2) is 29.4 Å². The summed E-state index contributed by atoms with van der Waals surface area (Å²) in [5.74, 6) is 0.779. The molecule has 0 saturated carbocycles. The number of rotatable bonds is 7. The van der Waals surface area contributed by atoms with Crippen molar-refractivity contribution < 1.29 is 0 Å². The van der Waals surface area contributed by atoms with Crippen LogP contribution >= 0.6 is 22.9 Å². The second-order valence-electron chi connectivity index (χ2n) is 7.20. The Morgan fingerprint density at radius 2 is 2.03 bits per heavy atom. The Hall–Kier alpha value is -1.83. The first-order valence-corrected chi connectivity index (χ1v) is 11.4. The molecule has 1 aliphatic heterocycles. The van der Waals surface area contributed by atoms with Gasteiger partial charge in [0.2, 0.25) is 0 Å². The Kier molecular flexibility index (Phi) is 8.15. The summed E-state index contributed by atoms with van der Waals surface area (Å²) in [5, 5.41) is 8.75. The molecule has 29 heavy (non-hydrogen) atoms. The topological polar surface area (TPSA) is 55.8 Å². The van der Waals surface area contributed by atoms with Crippen molar-refractivity contribution in [3.8, 4) is 0 Å². The third kappa shape index (κ3) is 6.07. The molecule has 6 nitrogen and oxygen atoms in total. The van der Waals surface area contributed by atoms with Gasteiger partial charge in [-0.3, -0.25) is 4.99 Å². The summed E-state index contributed by atoms with van der Waals surface area (Å²) < 4.78 is 0. The van der Waals surface area contributed by atoms with E-state index >= 15 is 0 Å². The van der Waals surface area contributed by atoms with Crippen molar-refractivity contribution in [2.45, 2.75) is 26.3 Å². The van der Waals surface area contributed by atoms with Gasteiger partial charge in [-0.05, 0) is 25.6 Å². The molecule has 0 amide bonds. The summed E-state index contributed by atoms with van der Waals surface area (Å²) in [6.45, 7) is 7.77. The number of thiazole rings is 1. The van der Waals surface area contributed by atoms with E-state index in [4.69, 9.17) is 11.6 Å². The highest BCUT2D eigenvalue weighted by atomic mass is 35.5. The summed E-state index contributed by atoms with van der Waals surface area (Å²) in [7, 11) is 3.96. The number of aromatic nitrogens is 1. The second-order valence-corrected chi connectivity index (χ2v) is 8.81. The van der Waals surface area contributed by atoms with Crippen molar-refractivity contribution in [3.05, 3.63) is 44.9 Å². The quantitative estimate of drug-likeness (QED) is 0.518. The summed E-state index contributed by atoms with van der Waals surface area (Å²) in [4.78, 5) is 14.9. The van der Waals surface area contributed by atoms with E-state index in [0.717, 1.165) is 67.1 Å². The molecule has 2 aromatic rings. The van der Waals surface area contributed by atoms with Gasteiger partial charge in [-0.25, -0.2) is 4.98 Å². The van der Waals surface area contributed by atoms with Crippen LogP contribution in [0.3, 0.4) is 0 Å². The molecular weight excluding hydrogens is 404 g/mol. The number of hydrogen-bond donors (Lipinski definition) is 2. The molecule has 1 aliphatic rings. The SMILES string of the molecule is CCc1cnc(CCNC(=NC)NCc2c(Cl)cccc2N2CCN(C)CC2)s1. The smallest absolute Gasteiger partial charge is 0.191 e. The van der Waals surface area contributed by atoms with Crippen LogP contribution in [0, 0.1) is 0 Å². The van der Waals surface area contributed by atoms with Crippen LogP contribution < -0.4 is 15.5 Å². The zero-order valence-corrected chi connectivity index (χ0v) is 19.1. The number of aryl methyl sites for hydroxylation is 1. The van der Waals surface area contributed by atoms with E-state index in [9.17, 15) is 0 Å². The molecule has 0 spiro atoms. The van der Waals surface area contributed by atoms with Gasteiger partial charge >= 0.3 is 0 Å². The molecule has 1 saturated heterocycles. The molecule has 3 rings (SSSR count). The number of nitrogens with one attached hydrogen (secondary N) is 2. The Morgan fingerprint density at radius 3 is 2.72 bits per heavy atom. The van der Waals surface area contributed by atoms with Crippen molar-refractivity contribution in [3.63, 3.8) is 0 Å². The largest absolute Gasteiger partial charge is 0.369 e. The normalized spacial score (nSPS) is 15.6. The third-order valence-electron chi connectivity index (χ3n) is 5.18. The number of benzene rings is 1. The summed E-state index contributed by atoms with van der Waals surface area (Å²) in [5.41, 5.74) is 2.33. The molecule has 1 aromatic heterocycles. The monoisotopic (exact) mass is 434 g/mol. The van der Waals surface area contributed by atoms with Crippen molar-refractivity contribution >= 4 is 34.6 Å². The minimum absolute atomic E-state index is 0.637. The molecule has 8 heteroatoms. The van der Waals surface area contributed by atoms with E-state index in [1.165, 1.54) is 10.6 Å². The Bertz CT molecular complexity index is 813. The van der Waals surface area contributed by atoms with Crippen LogP contribution in [-0.4, -0.2) is 62.7 Å². The predicted molar refractivity (Wildman–Crippen MR) is 125 cm³/mol. The molecule has 1 aromatic carbocycles. The van der Waals surface area contributed by atoms with Gasteiger partial charge in [0.1, 0.15) is 0 Å². The fourth-order valence-electron chi connectivity index (χ4n) is 3.37. The van der Waals surface area contributed by atoms with Gasteiger partial charge in [0.05, 0.1) is 5.01 Å². The van der Waals surface area contributed by atoms with Crippen molar-refractivity contribution in [1.29, 1.82) is 0 Å². The van der Waals surface area contributed by atoms with Gasteiger partial charge in [-0.2, -0.15) is 0 Å². The second kappa shape index (κ2) is 10.8. The van der Waals surface area contributed by atoms with E-state index in [1.54, 1.807) is 18.4 Å². The molecule has 0 radical (unpaired) electrons. The lowest BCUT2D eigenvalue weighted by atomic mass is 10.1. The Balaban J connectivity index is 1.56. The first-order chi connectivity index (χ1) is 14.1. The summed E-state index contributed by atoms with van der Waals surface area (Å²) >= 11 is 8.34. The summed E-state index contributed by atoms with van der Waals surface area (Å²) in [6.07, 6.45) is 3.91.